The second-order valence-corrected chi connectivity index (χ2v) is 6.95. The van der Waals surface area contributed by atoms with Gasteiger partial charge in [0.05, 0.1) is 12.1 Å². The first-order valence-corrected chi connectivity index (χ1v) is 8.30. The van der Waals surface area contributed by atoms with E-state index in [0.29, 0.717) is 6.54 Å². The molecule has 1 unspecified atom stereocenters. The minimum Gasteiger partial charge on any atom is -0.389 e. The van der Waals surface area contributed by atoms with Crippen LogP contribution in [0.25, 0.3) is 0 Å². The quantitative estimate of drug-likeness (QED) is 0.853. The van der Waals surface area contributed by atoms with Crippen LogP contribution in [0.1, 0.15) is 31.0 Å². The fraction of sp³-hybridized carbons (Fsp3) is 0.300. The van der Waals surface area contributed by atoms with Crippen molar-refractivity contribution in [3.8, 4) is 0 Å². The molecule has 0 saturated carbocycles. The number of carbonyl (C=O) groups is 2. The highest BCUT2D eigenvalue weighted by atomic mass is 16.3. The summed E-state index contributed by atoms with van der Waals surface area (Å²) >= 11 is 0. The Morgan fingerprint density at radius 1 is 0.960 bits per heavy atom. The van der Waals surface area contributed by atoms with Gasteiger partial charge in [-0.05, 0) is 25.0 Å². The summed E-state index contributed by atoms with van der Waals surface area (Å²) in [6.45, 7) is 3.49. The number of β-amino-alcohol motifs (C(OH)–C–C–N with tert-alkyl or cyclic N) is 1. The Labute approximate surface area is 147 Å². The molecule has 1 heterocycles. The Kier molecular flexibility index (Phi) is 4.59. The van der Waals surface area contributed by atoms with Crippen molar-refractivity contribution in [1.82, 2.24) is 9.80 Å². The monoisotopic (exact) mass is 338 g/mol. The third-order valence-electron chi connectivity index (χ3n) is 4.14. The standard InChI is InChI=1S/C20H22N2O3/c1-20(2,25)14-22-18(23)17(16-11-7-4-8-12-16)21(19(22)24)13-15-9-5-3-6-10-15/h3-12,17,25H,13-14H2,1-2H3. The second kappa shape index (κ2) is 6.69. The SMILES string of the molecule is CC(C)(O)CN1C(=O)C(c2ccccc2)N(Cc2ccccc2)C1=O. The first-order chi connectivity index (χ1) is 11.9. The van der Waals surface area contributed by atoms with Crippen LogP contribution in [-0.2, 0) is 11.3 Å². The second-order valence-electron chi connectivity index (χ2n) is 6.95. The van der Waals surface area contributed by atoms with E-state index in [0.717, 1.165) is 16.0 Å². The van der Waals surface area contributed by atoms with E-state index < -0.39 is 11.6 Å². The average Bonchev–Trinajstić information content (AvgIpc) is 2.80. The van der Waals surface area contributed by atoms with Gasteiger partial charge in [-0.15, -0.1) is 0 Å². The summed E-state index contributed by atoms with van der Waals surface area (Å²) in [5.41, 5.74) is 0.583. The topological polar surface area (TPSA) is 60.9 Å². The van der Waals surface area contributed by atoms with Gasteiger partial charge in [-0.25, -0.2) is 4.79 Å². The first-order valence-electron chi connectivity index (χ1n) is 8.30. The molecule has 0 radical (unpaired) electrons. The molecule has 1 fully saturated rings. The molecular weight excluding hydrogens is 316 g/mol. The van der Waals surface area contributed by atoms with Crippen LogP contribution >= 0.6 is 0 Å². The van der Waals surface area contributed by atoms with Gasteiger partial charge >= 0.3 is 6.03 Å². The van der Waals surface area contributed by atoms with E-state index in [1.807, 2.05) is 60.7 Å². The molecule has 25 heavy (non-hydrogen) atoms. The molecule has 0 aliphatic carbocycles. The molecule has 1 N–H and O–H groups in total. The molecular formula is C20H22N2O3. The molecule has 0 spiro atoms. The number of benzene rings is 2. The summed E-state index contributed by atoms with van der Waals surface area (Å²) in [5.74, 6) is -0.297. The molecule has 2 aromatic carbocycles. The number of urea groups is 1. The van der Waals surface area contributed by atoms with Gasteiger partial charge in [0.25, 0.3) is 5.91 Å². The van der Waals surface area contributed by atoms with Gasteiger partial charge in [0.1, 0.15) is 6.04 Å². The lowest BCUT2D eigenvalue weighted by molar-refractivity contribution is -0.130. The van der Waals surface area contributed by atoms with Gasteiger partial charge in [-0.2, -0.15) is 0 Å². The summed E-state index contributed by atoms with van der Waals surface area (Å²) in [7, 11) is 0. The number of carbonyl (C=O) groups excluding carboxylic acids is 2. The van der Waals surface area contributed by atoms with Gasteiger partial charge in [-0.3, -0.25) is 9.69 Å². The summed E-state index contributed by atoms with van der Waals surface area (Å²) in [5, 5.41) is 10.1. The van der Waals surface area contributed by atoms with Crippen molar-refractivity contribution >= 4 is 11.9 Å². The molecule has 3 amide bonds. The molecule has 1 atom stereocenters. The largest absolute Gasteiger partial charge is 0.389 e. The molecule has 5 nitrogen and oxygen atoms in total. The van der Waals surface area contributed by atoms with E-state index in [1.54, 1.807) is 18.7 Å². The molecule has 1 aliphatic rings. The van der Waals surface area contributed by atoms with Gasteiger partial charge in [0, 0.05) is 6.54 Å². The Morgan fingerprint density at radius 3 is 2.08 bits per heavy atom. The van der Waals surface area contributed by atoms with Gasteiger partial charge in [-0.1, -0.05) is 60.7 Å². The zero-order chi connectivity index (χ0) is 18.0. The van der Waals surface area contributed by atoms with Crippen LogP contribution < -0.4 is 0 Å². The predicted octanol–water partition coefficient (Wildman–Crippen LogP) is 2.96. The first kappa shape index (κ1) is 17.2. The maximum absolute atomic E-state index is 12.9. The van der Waals surface area contributed by atoms with E-state index >= 15 is 0 Å². The Balaban J connectivity index is 1.96. The van der Waals surface area contributed by atoms with Crippen molar-refractivity contribution in [3.05, 3.63) is 71.8 Å². The van der Waals surface area contributed by atoms with Gasteiger partial charge in [0.15, 0.2) is 0 Å². The highest BCUT2D eigenvalue weighted by molar-refractivity contribution is 6.04. The third kappa shape index (κ3) is 3.72. The normalized spacial score (nSPS) is 18.1. The van der Waals surface area contributed by atoms with E-state index in [1.165, 1.54) is 0 Å². The zero-order valence-electron chi connectivity index (χ0n) is 14.4. The molecule has 130 valence electrons. The van der Waals surface area contributed by atoms with Crippen LogP contribution in [0.3, 0.4) is 0 Å². The number of nitrogens with zero attached hydrogens (tertiary/aromatic N) is 2. The number of hydrogen-bond acceptors (Lipinski definition) is 3. The number of imide groups is 1. The minimum absolute atomic E-state index is 0.0285. The van der Waals surface area contributed by atoms with E-state index in [4.69, 9.17) is 0 Å². The van der Waals surface area contributed by atoms with Crippen molar-refractivity contribution in [3.63, 3.8) is 0 Å². The summed E-state index contributed by atoms with van der Waals surface area (Å²) in [6, 6.07) is 17.8. The maximum atomic E-state index is 12.9. The fourth-order valence-corrected chi connectivity index (χ4v) is 3.07. The average molecular weight is 338 g/mol. The summed E-state index contributed by atoms with van der Waals surface area (Å²) < 4.78 is 0. The van der Waals surface area contributed by atoms with Crippen LogP contribution in [0.5, 0.6) is 0 Å². The minimum atomic E-state index is -1.14. The van der Waals surface area contributed by atoms with Crippen LogP contribution in [0, 0.1) is 0 Å². The van der Waals surface area contributed by atoms with Crippen molar-refractivity contribution in [2.24, 2.45) is 0 Å². The lowest BCUT2D eigenvalue weighted by Crippen LogP contribution is -2.42. The van der Waals surface area contributed by atoms with Gasteiger partial charge in [0.2, 0.25) is 0 Å². The highest BCUT2D eigenvalue weighted by Crippen LogP contribution is 2.33. The van der Waals surface area contributed by atoms with Crippen molar-refractivity contribution in [2.75, 3.05) is 6.54 Å². The fourth-order valence-electron chi connectivity index (χ4n) is 3.07. The van der Waals surface area contributed by atoms with E-state index in [2.05, 4.69) is 0 Å². The molecule has 5 heteroatoms. The number of hydrogen-bond donors (Lipinski definition) is 1. The smallest absolute Gasteiger partial charge is 0.328 e. The van der Waals surface area contributed by atoms with Crippen LogP contribution in [0.4, 0.5) is 4.79 Å². The number of amides is 3. The lowest BCUT2D eigenvalue weighted by atomic mass is 10.0. The predicted molar refractivity (Wildman–Crippen MR) is 94.6 cm³/mol. The van der Waals surface area contributed by atoms with Crippen molar-refractivity contribution in [1.29, 1.82) is 0 Å². The molecule has 3 rings (SSSR count). The van der Waals surface area contributed by atoms with Crippen LogP contribution in [-0.4, -0.2) is 39.0 Å². The number of aliphatic hydroxyl groups is 1. The maximum Gasteiger partial charge on any atom is 0.328 e. The zero-order valence-corrected chi connectivity index (χ0v) is 14.4. The Hall–Kier alpha value is -2.66. The van der Waals surface area contributed by atoms with E-state index in [-0.39, 0.29) is 18.5 Å². The molecule has 1 aliphatic heterocycles. The lowest BCUT2D eigenvalue weighted by Gasteiger charge is -2.24. The third-order valence-corrected chi connectivity index (χ3v) is 4.14. The van der Waals surface area contributed by atoms with Crippen molar-refractivity contribution in [2.45, 2.75) is 32.0 Å². The molecule has 2 aromatic rings. The summed E-state index contributed by atoms with van der Waals surface area (Å²) in [4.78, 5) is 28.6. The summed E-state index contributed by atoms with van der Waals surface area (Å²) in [6.07, 6.45) is 0. The Bertz CT molecular complexity index is 754. The van der Waals surface area contributed by atoms with Crippen molar-refractivity contribution < 1.29 is 14.7 Å². The van der Waals surface area contributed by atoms with Crippen LogP contribution in [0.2, 0.25) is 0 Å². The number of rotatable bonds is 5. The van der Waals surface area contributed by atoms with E-state index in [9.17, 15) is 14.7 Å². The highest BCUT2D eigenvalue weighted by Gasteiger charge is 2.47. The molecule has 1 saturated heterocycles. The Morgan fingerprint density at radius 2 is 1.52 bits per heavy atom. The van der Waals surface area contributed by atoms with Gasteiger partial charge < -0.3 is 10.0 Å². The van der Waals surface area contributed by atoms with Crippen LogP contribution in [0.15, 0.2) is 60.7 Å². The molecule has 0 aromatic heterocycles. The molecule has 0 bridgehead atoms.